The fraction of sp³-hybridized carbons (Fsp3) is 0.556. The highest BCUT2D eigenvalue weighted by Gasteiger charge is 2.44. The molecular formula is C9H12N3O9P-2. The normalized spacial score (nSPS) is 28.9. The van der Waals surface area contributed by atoms with Crippen LogP contribution in [-0.2, 0) is 13.8 Å². The van der Waals surface area contributed by atoms with Crippen molar-refractivity contribution in [3.63, 3.8) is 0 Å². The van der Waals surface area contributed by atoms with Gasteiger partial charge in [-0.05, 0) is 0 Å². The SMILES string of the molecule is Nc1nc(=O)n([C@@H]2O[C@H](COP(=O)([O-])[O-])[C@@H](O)[C@H]2O)cc1O. The maximum absolute atomic E-state index is 11.7. The van der Waals surface area contributed by atoms with Crippen molar-refractivity contribution in [2.75, 3.05) is 12.3 Å². The molecule has 2 rings (SSSR count). The maximum Gasteiger partial charge on any atom is 0.351 e. The number of aromatic nitrogens is 2. The van der Waals surface area contributed by atoms with E-state index in [-0.39, 0.29) is 0 Å². The zero-order valence-electron chi connectivity index (χ0n) is 10.8. The highest BCUT2D eigenvalue weighted by molar-refractivity contribution is 7.43. The van der Waals surface area contributed by atoms with Crippen LogP contribution in [-0.4, -0.2) is 49.8 Å². The molecule has 13 heteroatoms. The van der Waals surface area contributed by atoms with Crippen LogP contribution in [0.5, 0.6) is 5.75 Å². The predicted molar refractivity (Wildman–Crippen MR) is 64.1 cm³/mol. The number of aromatic hydroxyl groups is 1. The first kappa shape index (κ1) is 16.8. The van der Waals surface area contributed by atoms with Crippen molar-refractivity contribution in [1.29, 1.82) is 0 Å². The van der Waals surface area contributed by atoms with Crippen molar-refractivity contribution < 1.29 is 38.9 Å². The van der Waals surface area contributed by atoms with E-state index in [1.54, 1.807) is 0 Å². The summed E-state index contributed by atoms with van der Waals surface area (Å²) in [5.41, 5.74) is 4.25. The lowest BCUT2D eigenvalue weighted by Gasteiger charge is -2.30. The van der Waals surface area contributed by atoms with Crippen LogP contribution in [0.15, 0.2) is 11.0 Å². The number of aliphatic hydroxyl groups excluding tert-OH is 2. The van der Waals surface area contributed by atoms with Gasteiger partial charge in [0.1, 0.15) is 18.3 Å². The van der Waals surface area contributed by atoms with E-state index in [1.807, 2.05) is 0 Å². The monoisotopic (exact) mass is 337 g/mol. The smallest absolute Gasteiger partial charge is 0.351 e. The van der Waals surface area contributed by atoms with Gasteiger partial charge in [0.15, 0.2) is 17.8 Å². The Hall–Kier alpha value is -1.53. The lowest BCUT2D eigenvalue weighted by atomic mass is 10.1. The predicted octanol–water partition coefficient (Wildman–Crippen LogP) is -4.00. The molecule has 0 radical (unpaired) electrons. The standard InChI is InChI=1S/C9H14N3O9P/c10-7-3(13)1-12(9(16)11-7)8-6(15)5(14)4(21-8)2-20-22(17,18)19/h1,4-6,8,13-15H,2H2,(H2,10,11,16)(H2,17,18,19)/p-2/t4-,5-,6-,8-/m1/s1. The van der Waals surface area contributed by atoms with Crippen molar-refractivity contribution in [2.45, 2.75) is 24.5 Å². The second-order valence-electron chi connectivity index (χ2n) is 4.49. The van der Waals surface area contributed by atoms with Crippen molar-refractivity contribution in [3.8, 4) is 5.75 Å². The average molecular weight is 337 g/mol. The van der Waals surface area contributed by atoms with Crippen molar-refractivity contribution in [2.24, 2.45) is 0 Å². The average Bonchev–Trinajstić information content (AvgIpc) is 2.68. The Bertz CT molecular complexity index is 658. The van der Waals surface area contributed by atoms with Crippen LogP contribution in [0.4, 0.5) is 5.82 Å². The van der Waals surface area contributed by atoms with Crippen molar-refractivity contribution in [1.82, 2.24) is 9.55 Å². The largest absolute Gasteiger partial charge is 0.790 e. The third kappa shape index (κ3) is 3.44. The Morgan fingerprint density at radius 3 is 2.68 bits per heavy atom. The lowest BCUT2D eigenvalue weighted by Crippen LogP contribution is -2.36. The van der Waals surface area contributed by atoms with Gasteiger partial charge in [0, 0.05) is 0 Å². The second-order valence-corrected chi connectivity index (χ2v) is 5.64. The van der Waals surface area contributed by atoms with Gasteiger partial charge in [-0.3, -0.25) is 4.57 Å². The van der Waals surface area contributed by atoms with Gasteiger partial charge >= 0.3 is 5.69 Å². The maximum atomic E-state index is 11.7. The summed E-state index contributed by atoms with van der Waals surface area (Å²) in [4.78, 5) is 35.7. The lowest BCUT2D eigenvalue weighted by molar-refractivity contribution is -0.343. The van der Waals surface area contributed by atoms with E-state index < -0.39 is 56.2 Å². The van der Waals surface area contributed by atoms with Crippen molar-refractivity contribution >= 4 is 13.6 Å². The molecule has 1 aliphatic heterocycles. The van der Waals surface area contributed by atoms with Crippen LogP contribution in [0, 0.1) is 0 Å². The van der Waals surface area contributed by atoms with E-state index in [4.69, 9.17) is 10.5 Å². The summed E-state index contributed by atoms with van der Waals surface area (Å²) in [6.07, 6.45) is -5.33. The zero-order chi connectivity index (χ0) is 16.7. The van der Waals surface area contributed by atoms with E-state index in [9.17, 15) is 34.5 Å². The molecule has 22 heavy (non-hydrogen) atoms. The molecule has 1 saturated heterocycles. The van der Waals surface area contributed by atoms with E-state index in [0.717, 1.165) is 6.20 Å². The highest BCUT2D eigenvalue weighted by atomic mass is 31.2. The molecule has 0 saturated carbocycles. The van der Waals surface area contributed by atoms with Crippen LogP contribution in [0.2, 0.25) is 0 Å². The van der Waals surface area contributed by atoms with Crippen LogP contribution >= 0.6 is 7.82 Å². The van der Waals surface area contributed by atoms with Gasteiger partial charge in [0.05, 0.1) is 20.6 Å². The quantitative estimate of drug-likeness (QED) is 0.389. The molecule has 1 aromatic heterocycles. The van der Waals surface area contributed by atoms with E-state index in [2.05, 4.69) is 9.51 Å². The number of anilines is 1. The molecule has 124 valence electrons. The molecule has 12 nitrogen and oxygen atoms in total. The first-order valence-corrected chi connectivity index (χ1v) is 7.32. The molecule has 0 amide bonds. The van der Waals surface area contributed by atoms with E-state index in [0.29, 0.717) is 4.57 Å². The molecule has 0 aliphatic carbocycles. The summed E-state index contributed by atoms with van der Waals surface area (Å²) < 4.78 is 20.1. The number of phosphoric ester groups is 1. The molecule has 4 atom stereocenters. The molecule has 1 aliphatic rings. The number of nitrogens with zero attached hydrogens (tertiary/aromatic N) is 2. The topological polar surface area (TPSA) is 203 Å². The molecular weight excluding hydrogens is 325 g/mol. The number of nitrogen functional groups attached to an aromatic ring is 1. The molecule has 0 aromatic carbocycles. The molecule has 5 N–H and O–H groups in total. The minimum Gasteiger partial charge on any atom is -0.790 e. The summed E-state index contributed by atoms with van der Waals surface area (Å²) in [6, 6.07) is 0. The molecule has 1 aromatic rings. The zero-order valence-corrected chi connectivity index (χ0v) is 11.7. The summed E-state index contributed by atoms with van der Waals surface area (Å²) >= 11 is 0. The number of hydrogen-bond acceptors (Lipinski definition) is 11. The fourth-order valence-electron chi connectivity index (χ4n) is 1.91. The Kier molecular flexibility index (Phi) is 4.54. The van der Waals surface area contributed by atoms with E-state index >= 15 is 0 Å². The van der Waals surface area contributed by atoms with Crippen LogP contribution in [0.25, 0.3) is 0 Å². The van der Waals surface area contributed by atoms with Crippen LogP contribution in [0.1, 0.15) is 6.23 Å². The van der Waals surface area contributed by atoms with Gasteiger partial charge in [0.25, 0.3) is 0 Å². The number of hydrogen-bond donors (Lipinski definition) is 4. The summed E-state index contributed by atoms with van der Waals surface area (Å²) in [5, 5.41) is 29.0. The number of phosphoric acid groups is 1. The number of ether oxygens (including phenoxy) is 1. The Morgan fingerprint density at radius 2 is 2.09 bits per heavy atom. The Balaban J connectivity index is 2.22. The summed E-state index contributed by atoms with van der Waals surface area (Å²) in [7, 11) is -5.29. The number of rotatable bonds is 4. The minimum absolute atomic E-state index is 0.437. The molecule has 2 heterocycles. The van der Waals surface area contributed by atoms with Crippen LogP contribution < -0.4 is 21.2 Å². The summed E-state index contributed by atoms with van der Waals surface area (Å²) in [6.45, 7) is -0.845. The minimum atomic E-state index is -5.29. The molecule has 0 spiro atoms. The number of nitrogens with two attached hydrogens (primary N) is 1. The van der Waals surface area contributed by atoms with Crippen LogP contribution in [0.3, 0.4) is 0 Å². The molecule has 0 unspecified atom stereocenters. The Morgan fingerprint density at radius 1 is 1.45 bits per heavy atom. The van der Waals surface area contributed by atoms with Gasteiger partial charge < -0.3 is 44.7 Å². The second kappa shape index (κ2) is 5.93. The van der Waals surface area contributed by atoms with E-state index in [1.165, 1.54) is 0 Å². The van der Waals surface area contributed by atoms with Gasteiger partial charge in [0.2, 0.25) is 0 Å². The van der Waals surface area contributed by atoms with Gasteiger partial charge in [-0.25, -0.2) is 4.79 Å². The molecule has 0 bridgehead atoms. The Labute approximate surface area is 122 Å². The summed E-state index contributed by atoms with van der Waals surface area (Å²) in [5.74, 6) is -0.999. The highest BCUT2D eigenvalue weighted by Crippen LogP contribution is 2.32. The third-order valence-corrected chi connectivity index (χ3v) is 3.43. The number of aliphatic hydroxyl groups is 2. The van der Waals surface area contributed by atoms with Crippen molar-refractivity contribution in [3.05, 3.63) is 16.7 Å². The van der Waals surface area contributed by atoms with Gasteiger partial charge in [-0.2, -0.15) is 4.98 Å². The molecule has 1 fully saturated rings. The third-order valence-electron chi connectivity index (χ3n) is 2.97. The van der Waals surface area contributed by atoms with Gasteiger partial charge in [-0.1, -0.05) is 0 Å². The fourth-order valence-corrected chi connectivity index (χ4v) is 2.24. The first-order valence-electron chi connectivity index (χ1n) is 5.86. The van der Waals surface area contributed by atoms with Gasteiger partial charge in [-0.15, -0.1) is 0 Å². The first-order chi connectivity index (χ1) is 10.1.